The molecule has 0 amide bonds. The third-order valence-electron chi connectivity index (χ3n) is 6.02. The van der Waals surface area contributed by atoms with Gasteiger partial charge in [-0.05, 0) is 32.1 Å². The second-order valence-corrected chi connectivity index (χ2v) is 12.4. The van der Waals surface area contributed by atoms with E-state index in [1.165, 1.54) is 77.0 Å². The van der Waals surface area contributed by atoms with Crippen molar-refractivity contribution in [1.29, 1.82) is 0 Å². The molecule has 1 N–H and O–H groups in total. The minimum atomic E-state index is -4.49. The molecule has 9 heteroatoms. The number of phosphoric ester groups is 1. The minimum absolute atomic E-state index is 0.00741. The number of hydrogen-bond donors (Lipinski definition) is 1. The molecule has 220 valence electrons. The van der Waals surface area contributed by atoms with Crippen LogP contribution in [0.4, 0.5) is 0 Å². The summed E-state index contributed by atoms with van der Waals surface area (Å²) in [4.78, 5) is 23.5. The SMILES string of the molecule is CCCCCC/C=C\CCCCCCCCCCCC(=O)OCC(O)COP(=O)([O-])OCC[N+](C)(C)C. The largest absolute Gasteiger partial charge is 0.756 e. The number of carbonyl (C=O) groups excluding carboxylic acids is 1. The van der Waals surface area contributed by atoms with Crippen molar-refractivity contribution in [3.05, 3.63) is 12.2 Å². The molecule has 0 aromatic heterocycles. The van der Waals surface area contributed by atoms with Gasteiger partial charge in [0.05, 0.1) is 27.7 Å². The first-order chi connectivity index (χ1) is 17.6. The van der Waals surface area contributed by atoms with Crippen molar-refractivity contribution in [2.24, 2.45) is 0 Å². The van der Waals surface area contributed by atoms with Gasteiger partial charge in [-0.1, -0.05) is 83.3 Å². The Hall–Kier alpha value is -0.760. The Morgan fingerprint density at radius 1 is 0.838 bits per heavy atom. The molecule has 0 aliphatic carbocycles. The smallest absolute Gasteiger partial charge is 0.305 e. The first kappa shape index (κ1) is 36.2. The summed E-state index contributed by atoms with van der Waals surface area (Å²) in [6, 6.07) is 0. The standard InChI is InChI=1S/C28H56NO7P/c1-5-6-7-8-9-10-11-12-13-14-15-16-17-18-19-20-21-22-28(31)34-25-27(30)26-36-37(32,33)35-24-23-29(2,3)4/h10-11,27,30H,5-9,12-26H2,1-4H3/b11-10-. The number of unbranched alkanes of at least 4 members (excludes halogenated alkanes) is 13. The number of phosphoric acid groups is 1. The highest BCUT2D eigenvalue weighted by molar-refractivity contribution is 7.45. The molecule has 2 unspecified atom stereocenters. The van der Waals surface area contributed by atoms with E-state index in [2.05, 4.69) is 23.6 Å². The minimum Gasteiger partial charge on any atom is -0.756 e. The molecule has 0 aliphatic rings. The monoisotopic (exact) mass is 549 g/mol. The van der Waals surface area contributed by atoms with E-state index >= 15 is 0 Å². The predicted octanol–water partition coefficient (Wildman–Crippen LogP) is 5.92. The van der Waals surface area contributed by atoms with E-state index in [1.54, 1.807) is 0 Å². The van der Waals surface area contributed by atoms with Crippen molar-refractivity contribution in [2.75, 3.05) is 47.5 Å². The van der Waals surface area contributed by atoms with Crippen LogP contribution in [0.3, 0.4) is 0 Å². The van der Waals surface area contributed by atoms with E-state index in [0.717, 1.165) is 19.3 Å². The Kier molecular flexibility index (Phi) is 22.7. The highest BCUT2D eigenvalue weighted by atomic mass is 31.2. The first-order valence-corrected chi connectivity index (χ1v) is 15.9. The van der Waals surface area contributed by atoms with Crippen LogP contribution in [0.15, 0.2) is 12.2 Å². The van der Waals surface area contributed by atoms with E-state index in [0.29, 0.717) is 17.4 Å². The Morgan fingerprint density at radius 3 is 1.89 bits per heavy atom. The quantitative estimate of drug-likeness (QED) is 0.0470. The third kappa shape index (κ3) is 28.1. The molecular weight excluding hydrogens is 493 g/mol. The second kappa shape index (κ2) is 23.2. The highest BCUT2D eigenvalue weighted by Gasteiger charge is 2.16. The van der Waals surface area contributed by atoms with Crippen molar-refractivity contribution < 1.29 is 37.6 Å². The molecule has 0 aromatic carbocycles. The maximum Gasteiger partial charge on any atom is 0.305 e. The number of esters is 1. The Morgan fingerprint density at radius 2 is 1.35 bits per heavy atom. The summed E-state index contributed by atoms with van der Waals surface area (Å²) in [5, 5.41) is 9.81. The molecule has 0 rings (SSSR count). The van der Waals surface area contributed by atoms with Crippen LogP contribution in [0.5, 0.6) is 0 Å². The van der Waals surface area contributed by atoms with E-state index in [9.17, 15) is 19.4 Å². The van der Waals surface area contributed by atoms with Gasteiger partial charge in [0.1, 0.15) is 25.9 Å². The topological polar surface area (TPSA) is 105 Å². The molecule has 0 fully saturated rings. The fourth-order valence-corrected chi connectivity index (χ4v) is 4.38. The number of aliphatic hydroxyl groups excluding tert-OH is 1. The lowest BCUT2D eigenvalue weighted by Gasteiger charge is -2.27. The molecule has 0 aromatic rings. The lowest BCUT2D eigenvalue weighted by Crippen LogP contribution is -2.37. The lowest BCUT2D eigenvalue weighted by atomic mass is 10.1. The molecule has 8 nitrogen and oxygen atoms in total. The van der Waals surface area contributed by atoms with Crippen molar-refractivity contribution >= 4 is 13.8 Å². The normalized spacial score (nSPS) is 14.6. The van der Waals surface area contributed by atoms with Crippen LogP contribution in [-0.4, -0.2) is 69.2 Å². The van der Waals surface area contributed by atoms with Crippen LogP contribution in [0.1, 0.15) is 110 Å². The number of nitrogens with zero attached hydrogens (tertiary/aromatic N) is 1. The van der Waals surface area contributed by atoms with Gasteiger partial charge in [0.15, 0.2) is 0 Å². The van der Waals surface area contributed by atoms with Gasteiger partial charge in [0.25, 0.3) is 7.82 Å². The van der Waals surface area contributed by atoms with Crippen molar-refractivity contribution in [2.45, 2.75) is 116 Å². The summed E-state index contributed by atoms with van der Waals surface area (Å²) >= 11 is 0. The van der Waals surface area contributed by atoms with E-state index in [4.69, 9.17) is 9.26 Å². The Bertz CT molecular complexity index is 622. The number of allylic oxidation sites excluding steroid dienone is 2. The molecule has 0 saturated carbocycles. The molecule has 0 spiro atoms. The van der Waals surface area contributed by atoms with E-state index in [-0.39, 0.29) is 13.2 Å². The molecule has 0 bridgehead atoms. The average Bonchev–Trinajstić information content (AvgIpc) is 2.82. The zero-order valence-corrected chi connectivity index (χ0v) is 25.1. The fraction of sp³-hybridized carbons (Fsp3) is 0.893. The molecule has 37 heavy (non-hydrogen) atoms. The number of hydrogen-bond acceptors (Lipinski definition) is 7. The Labute approximate surface area is 227 Å². The molecule has 0 heterocycles. The number of carbonyl (C=O) groups is 1. The molecular formula is C28H56NO7P. The van der Waals surface area contributed by atoms with Gasteiger partial charge in [-0.3, -0.25) is 9.36 Å². The van der Waals surface area contributed by atoms with Gasteiger partial charge < -0.3 is 28.3 Å². The van der Waals surface area contributed by atoms with Gasteiger partial charge in [0, 0.05) is 6.42 Å². The van der Waals surface area contributed by atoms with Crippen LogP contribution < -0.4 is 4.89 Å². The Balaban J connectivity index is 3.53. The number of rotatable bonds is 26. The van der Waals surface area contributed by atoms with E-state index in [1.807, 2.05) is 21.1 Å². The predicted molar refractivity (Wildman–Crippen MR) is 148 cm³/mol. The van der Waals surface area contributed by atoms with Crippen LogP contribution >= 0.6 is 7.82 Å². The van der Waals surface area contributed by atoms with Crippen LogP contribution in [0.2, 0.25) is 0 Å². The summed E-state index contributed by atoms with van der Waals surface area (Å²) in [6.45, 7) is 1.93. The first-order valence-electron chi connectivity index (χ1n) is 14.4. The average molecular weight is 550 g/mol. The summed E-state index contributed by atoms with van der Waals surface area (Å²) in [5.41, 5.74) is 0. The zero-order valence-electron chi connectivity index (χ0n) is 24.2. The lowest BCUT2D eigenvalue weighted by molar-refractivity contribution is -0.870. The molecule has 2 atom stereocenters. The van der Waals surface area contributed by atoms with Crippen LogP contribution in [-0.2, 0) is 23.1 Å². The number of aliphatic hydroxyl groups is 1. The maximum atomic E-state index is 11.8. The fourth-order valence-electron chi connectivity index (χ4n) is 3.64. The van der Waals surface area contributed by atoms with Crippen molar-refractivity contribution in [3.63, 3.8) is 0 Å². The summed E-state index contributed by atoms with van der Waals surface area (Å²) in [6.07, 6.45) is 22.0. The van der Waals surface area contributed by atoms with E-state index < -0.39 is 26.5 Å². The zero-order chi connectivity index (χ0) is 27.8. The van der Waals surface area contributed by atoms with Gasteiger partial charge in [-0.15, -0.1) is 0 Å². The highest BCUT2D eigenvalue weighted by Crippen LogP contribution is 2.38. The van der Waals surface area contributed by atoms with Crippen LogP contribution in [0, 0.1) is 0 Å². The second-order valence-electron chi connectivity index (χ2n) is 11.0. The van der Waals surface area contributed by atoms with Crippen molar-refractivity contribution in [3.8, 4) is 0 Å². The van der Waals surface area contributed by atoms with Gasteiger partial charge in [-0.25, -0.2) is 0 Å². The van der Waals surface area contributed by atoms with Gasteiger partial charge in [0.2, 0.25) is 0 Å². The summed E-state index contributed by atoms with van der Waals surface area (Å²) in [7, 11) is 1.25. The molecule has 0 saturated heterocycles. The van der Waals surface area contributed by atoms with Gasteiger partial charge in [-0.2, -0.15) is 0 Å². The summed E-state index contributed by atoms with van der Waals surface area (Å²) < 4.78 is 26.7. The number of likely N-dealkylation sites (N-methyl/N-ethyl adjacent to an activating group) is 1. The van der Waals surface area contributed by atoms with Crippen LogP contribution in [0.25, 0.3) is 0 Å². The molecule has 0 aliphatic heterocycles. The number of ether oxygens (including phenoxy) is 1. The summed E-state index contributed by atoms with van der Waals surface area (Å²) in [5.74, 6) is -0.390. The maximum absolute atomic E-state index is 11.8. The third-order valence-corrected chi connectivity index (χ3v) is 6.98. The molecule has 0 radical (unpaired) electrons. The number of quaternary nitrogens is 1. The van der Waals surface area contributed by atoms with Crippen molar-refractivity contribution in [1.82, 2.24) is 0 Å². The van der Waals surface area contributed by atoms with Gasteiger partial charge >= 0.3 is 5.97 Å².